The summed E-state index contributed by atoms with van der Waals surface area (Å²) in [5.41, 5.74) is 3.46. The van der Waals surface area contributed by atoms with E-state index in [4.69, 9.17) is 0 Å². The van der Waals surface area contributed by atoms with Gasteiger partial charge in [-0.25, -0.2) is 0 Å². The quantitative estimate of drug-likeness (QED) is 0.721. The third kappa shape index (κ3) is 4.00. The third-order valence-corrected chi connectivity index (χ3v) is 4.33. The van der Waals surface area contributed by atoms with Crippen molar-refractivity contribution in [1.82, 2.24) is 15.3 Å². The molecule has 0 fully saturated rings. The fourth-order valence-corrected chi connectivity index (χ4v) is 2.69. The molecule has 24 heavy (non-hydrogen) atoms. The van der Waals surface area contributed by atoms with E-state index in [-0.39, 0.29) is 5.91 Å². The summed E-state index contributed by atoms with van der Waals surface area (Å²) in [6.07, 6.45) is 7.27. The van der Waals surface area contributed by atoms with Crippen LogP contribution < -0.4 is 5.32 Å². The molecule has 120 valence electrons. The van der Waals surface area contributed by atoms with E-state index in [9.17, 15) is 4.79 Å². The van der Waals surface area contributed by atoms with Crippen molar-refractivity contribution in [3.05, 3.63) is 78.2 Å². The lowest BCUT2D eigenvalue weighted by Gasteiger charge is -2.07. The average molecular weight is 335 g/mol. The summed E-state index contributed by atoms with van der Waals surface area (Å²) >= 11 is 1.66. The molecule has 0 bridgehead atoms. The van der Waals surface area contributed by atoms with Gasteiger partial charge in [0, 0.05) is 41.2 Å². The Morgan fingerprint density at radius 1 is 1.12 bits per heavy atom. The van der Waals surface area contributed by atoms with Gasteiger partial charge in [0.2, 0.25) is 0 Å². The summed E-state index contributed by atoms with van der Waals surface area (Å²) < 4.78 is 0. The number of hydrogen-bond acceptors (Lipinski definition) is 4. The second-order valence-corrected chi connectivity index (χ2v) is 6.08. The fourth-order valence-electron chi connectivity index (χ4n) is 2.28. The van der Waals surface area contributed by atoms with Crippen molar-refractivity contribution in [1.29, 1.82) is 0 Å². The highest BCUT2D eigenvalue weighted by molar-refractivity contribution is 7.98. The van der Waals surface area contributed by atoms with Crippen LogP contribution >= 0.6 is 11.8 Å². The molecule has 0 radical (unpaired) electrons. The Balaban J connectivity index is 1.67. The summed E-state index contributed by atoms with van der Waals surface area (Å²) in [6, 6.07) is 15.3. The average Bonchev–Trinajstić information content (AvgIpc) is 2.67. The van der Waals surface area contributed by atoms with E-state index >= 15 is 0 Å². The van der Waals surface area contributed by atoms with Crippen molar-refractivity contribution >= 4 is 17.7 Å². The van der Waals surface area contributed by atoms with Crippen LogP contribution in [-0.4, -0.2) is 22.1 Å². The largest absolute Gasteiger partial charge is 0.348 e. The summed E-state index contributed by atoms with van der Waals surface area (Å²) in [5.74, 6) is -0.0811. The first kappa shape index (κ1) is 16.2. The van der Waals surface area contributed by atoms with Gasteiger partial charge in [0.25, 0.3) is 5.91 Å². The minimum Gasteiger partial charge on any atom is -0.348 e. The topological polar surface area (TPSA) is 54.9 Å². The summed E-state index contributed by atoms with van der Waals surface area (Å²) in [5, 5.41) is 2.94. The van der Waals surface area contributed by atoms with Crippen molar-refractivity contribution in [2.45, 2.75) is 11.4 Å². The zero-order valence-electron chi connectivity index (χ0n) is 13.3. The molecule has 3 rings (SSSR count). The maximum atomic E-state index is 12.2. The van der Waals surface area contributed by atoms with Crippen molar-refractivity contribution in [2.75, 3.05) is 6.26 Å². The molecule has 0 unspecified atom stereocenters. The Morgan fingerprint density at radius 2 is 1.96 bits per heavy atom. The van der Waals surface area contributed by atoms with Crippen molar-refractivity contribution in [3.8, 4) is 11.3 Å². The normalized spacial score (nSPS) is 10.4. The number of amides is 1. The van der Waals surface area contributed by atoms with E-state index in [0.29, 0.717) is 12.1 Å². The highest BCUT2D eigenvalue weighted by Crippen LogP contribution is 2.17. The molecule has 5 heteroatoms. The van der Waals surface area contributed by atoms with Crippen LogP contribution in [0.15, 0.2) is 72.0 Å². The van der Waals surface area contributed by atoms with Crippen molar-refractivity contribution in [3.63, 3.8) is 0 Å². The predicted molar refractivity (Wildman–Crippen MR) is 96.9 cm³/mol. The highest BCUT2D eigenvalue weighted by atomic mass is 32.2. The van der Waals surface area contributed by atoms with Gasteiger partial charge < -0.3 is 5.32 Å². The predicted octanol–water partition coefficient (Wildman–Crippen LogP) is 3.80. The zero-order chi connectivity index (χ0) is 16.8. The minimum atomic E-state index is -0.0811. The lowest BCUT2D eigenvalue weighted by Crippen LogP contribution is -2.22. The summed E-state index contributed by atoms with van der Waals surface area (Å²) in [6.45, 7) is 0.457. The summed E-state index contributed by atoms with van der Waals surface area (Å²) in [7, 11) is 0. The van der Waals surface area contributed by atoms with E-state index in [1.54, 1.807) is 30.4 Å². The molecule has 0 aliphatic carbocycles. The molecule has 4 nitrogen and oxygen atoms in total. The van der Waals surface area contributed by atoms with Gasteiger partial charge >= 0.3 is 0 Å². The van der Waals surface area contributed by atoms with Crippen molar-refractivity contribution < 1.29 is 4.79 Å². The van der Waals surface area contributed by atoms with Crippen LogP contribution in [0.5, 0.6) is 0 Å². The van der Waals surface area contributed by atoms with E-state index < -0.39 is 0 Å². The number of thioether (sulfide) groups is 1. The molecular formula is C19H17N3OS. The van der Waals surface area contributed by atoms with Crippen LogP contribution in [0.1, 0.15) is 15.9 Å². The number of benzene rings is 1. The Labute approximate surface area is 145 Å². The molecule has 0 saturated carbocycles. The zero-order valence-corrected chi connectivity index (χ0v) is 14.1. The molecule has 0 atom stereocenters. The van der Waals surface area contributed by atoms with Crippen LogP contribution in [-0.2, 0) is 6.54 Å². The van der Waals surface area contributed by atoms with Crippen LogP contribution in [0.25, 0.3) is 11.3 Å². The summed E-state index contributed by atoms with van der Waals surface area (Å²) in [4.78, 5) is 21.8. The SMILES string of the molecule is CSc1ccc(C(=O)NCc2ccnc(-c3cccnc3)c2)cc1. The van der Waals surface area contributed by atoms with Gasteiger partial charge in [0.15, 0.2) is 0 Å². The van der Waals surface area contributed by atoms with Gasteiger partial charge in [0.05, 0.1) is 5.69 Å². The van der Waals surface area contributed by atoms with Crippen LogP contribution in [0.2, 0.25) is 0 Å². The second kappa shape index (κ2) is 7.75. The van der Waals surface area contributed by atoms with Crippen LogP contribution in [0.4, 0.5) is 0 Å². The Hall–Kier alpha value is -2.66. The number of carbonyl (C=O) groups is 1. The van der Waals surface area contributed by atoms with Crippen LogP contribution in [0.3, 0.4) is 0 Å². The number of carbonyl (C=O) groups excluding carboxylic acids is 1. The number of pyridine rings is 2. The first-order valence-corrected chi connectivity index (χ1v) is 8.76. The first-order valence-electron chi connectivity index (χ1n) is 7.54. The number of nitrogens with zero attached hydrogens (tertiary/aromatic N) is 2. The molecule has 1 amide bonds. The molecular weight excluding hydrogens is 318 g/mol. The molecule has 0 saturated heterocycles. The molecule has 0 aliphatic rings. The molecule has 2 aromatic heterocycles. The van der Waals surface area contributed by atoms with E-state index in [1.807, 2.05) is 54.8 Å². The Morgan fingerprint density at radius 3 is 2.67 bits per heavy atom. The monoisotopic (exact) mass is 335 g/mol. The Kier molecular flexibility index (Phi) is 5.23. The van der Waals surface area contributed by atoms with Gasteiger partial charge in [-0.05, 0) is 60.4 Å². The molecule has 1 N–H and O–H groups in total. The smallest absolute Gasteiger partial charge is 0.251 e. The second-order valence-electron chi connectivity index (χ2n) is 5.20. The number of nitrogens with one attached hydrogen (secondary N) is 1. The number of hydrogen-bond donors (Lipinski definition) is 1. The standard InChI is InChI=1S/C19H17N3OS/c1-24-17-6-4-15(5-7-17)19(23)22-12-14-8-10-21-18(11-14)16-3-2-9-20-13-16/h2-11,13H,12H2,1H3,(H,22,23). The van der Waals surface area contributed by atoms with Crippen molar-refractivity contribution in [2.24, 2.45) is 0 Å². The molecule has 1 aromatic carbocycles. The van der Waals surface area contributed by atoms with E-state index in [2.05, 4.69) is 15.3 Å². The minimum absolute atomic E-state index is 0.0811. The Bertz CT molecular complexity index is 820. The number of aromatic nitrogens is 2. The van der Waals surface area contributed by atoms with Gasteiger partial charge in [-0.3, -0.25) is 14.8 Å². The van der Waals surface area contributed by atoms with Gasteiger partial charge in [0.1, 0.15) is 0 Å². The van der Waals surface area contributed by atoms with Gasteiger partial charge in [-0.2, -0.15) is 0 Å². The highest BCUT2D eigenvalue weighted by Gasteiger charge is 2.06. The van der Waals surface area contributed by atoms with E-state index in [1.165, 1.54) is 0 Å². The van der Waals surface area contributed by atoms with Gasteiger partial charge in [-0.1, -0.05) is 0 Å². The number of rotatable bonds is 5. The molecule has 3 aromatic rings. The maximum Gasteiger partial charge on any atom is 0.251 e. The van der Waals surface area contributed by atoms with Gasteiger partial charge in [-0.15, -0.1) is 11.8 Å². The lowest BCUT2D eigenvalue weighted by atomic mass is 10.1. The molecule has 0 aliphatic heterocycles. The molecule has 2 heterocycles. The fraction of sp³-hybridized carbons (Fsp3) is 0.105. The first-order chi connectivity index (χ1) is 11.8. The lowest BCUT2D eigenvalue weighted by molar-refractivity contribution is 0.0951. The molecule has 0 spiro atoms. The van der Waals surface area contributed by atoms with E-state index in [0.717, 1.165) is 21.7 Å². The third-order valence-electron chi connectivity index (χ3n) is 3.59. The van der Waals surface area contributed by atoms with Crippen LogP contribution in [0, 0.1) is 0 Å². The maximum absolute atomic E-state index is 12.2.